The largest absolute Gasteiger partial charge is 0.0651 e. The first-order valence-electron chi connectivity index (χ1n) is 5.78. The predicted molar refractivity (Wildman–Crippen MR) is 63.6 cm³/mol. The summed E-state index contributed by atoms with van der Waals surface area (Å²) in [6.45, 7) is 6.76. The van der Waals surface area contributed by atoms with Gasteiger partial charge in [0.25, 0.3) is 0 Å². The highest BCUT2D eigenvalue weighted by atomic mass is 14.0. The maximum atomic E-state index is 2.34. The van der Waals surface area contributed by atoms with Gasteiger partial charge in [-0.15, -0.1) is 0 Å². The van der Waals surface area contributed by atoms with Crippen molar-refractivity contribution in [3.05, 3.63) is 35.4 Å². The number of rotatable bonds is 5. The van der Waals surface area contributed by atoms with Crippen LogP contribution < -0.4 is 0 Å². The second-order valence-corrected chi connectivity index (χ2v) is 4.39. The minimum absolute atomic E-state index is 0.889. The van der Waals surface area contributed by atoms with Crippen LogP contribution in [-0.2, 0) is 6.42 Å². The van der Waals surface area contributed by atoms with Gasteiger partial charge in [-0.05, 0) is 31.2 Å². The maximum absolute atomic E-state index is 2.34. The van der Waals surface area contributed by atoms with Crippen LogP contribution in [0.2, 0.25) is 0 Å². The van der Waals surface area contributed by atoms with Gasteiger partial charge < -0.3 is 0 Å². The Labute approximate surface area is 88.4 Å². The first kappa shape index (κ1) is 11.3. The molecule has 0 heteroatoms. The predicted octanol–water partition coefficient (Wildman–Crippen LogP) is 4.36. The van der Waals surface area contributed by atoms with Crippen molar-refractivity contribution in [1.29, 1.82) is 0 Å². The van der Waals surface area contributed by atoms with Gasteiger partial charge in [-0.2, -0.15) is 0 Å². The molecule has 0 aromatic heterocycles. The summed E-state index contributed by atoms with van der Waals surface area (Å²) in [5.41, 5.74) is 2.84. The summed E-state index contributed by atoms with van der Waals surface area (Å²) in [7, 11) is 0. The summed E-state index contributed by atoms with van der Waals surface area (Å²) in [6, 6.07) is 8.93. The molecule has 1 aromatic rings. The smallest absolute Gasteiger partial charge is 0.0279 e. The second-order valence-electron chi connectivity index (χ2n) is 4.39. The summed E-state index contributed by atoms with van der Waals surface area (Å²) in [5.74, 6) is 0.889. The van der Waals surface area contributed by atoms with E-state index in [0.29, 0.717) is 0 Å². The highest BCUT2D eigenvalue weighted by Gasteiger charge is 1.98. The first-order chi connectivity index (χ1) is 6.72. The van der Waals surface area contributed by atoms with E-state index in [1.165, 1.54) is 36.8 Å². The molecule has 1 atom stereocenters. The lowest BCUT2D eigenvalue weighted by atomic mass is 9.99. The Morgan fingerprint density at radius 2 is 1.79 bits per heavy atom. The van der Waals surface area contributed by atoms with Gasteiger partial charge in [0.15, 0.2) is 0 Å². The van der Waals surface area contributed by atoms with Gasteiger partial charge in [-0.25, -0.2) is 0 Å². The number of aryl methyl sites for hydroxylation is 2. The molecule has 0 N–H and O–H groups in total. The van der Waals surface area contributed by atoms with E-state index in [-0.39, 0.29) is 0 Å². The molecule has 0 bridgehead atoms. The van der Waals surface area contributed by atoms with Gasteiger partial charge >= 0.3 is 0 Å². The van der Waals surface area contributed by atoms with Crippen molar-refractivity contribution in [1.82, 2.24) is 0 Å². The summed E-state index contributed by atoms with van der Waals surface area (Å²) in [5, 5.41) is 0. The van der Waals surface area contributed by atoms with Gasteiger partial charge in [-0.3, -0.25) is 0 Å². The number of hydrogen-bond acceptors (Lipinski definition) is 0. The van der Waals surface area contributed by atoms with Crippen LogP contribution in [0.15, 0.2) is 24.3 Å². The molecule has 0 aliphatic heterocycles. The second kappa shape index (κ2) is 5.85. The molecule has 1 aromatic carbocycles. The van der Waals surface area contributed by atoms with Crippen LogP contribution in [0.3, 0.4) is 0 Å². The van der Waals surface area contributed by atoms with E-state index in [1.807, 2.05) is 0 Å². The Kier molecular flexibility index (Phi) is 4.72. The van der Waals surface area contributed by atoms with E-state index >= 15 is 0 Å². The van der Waals surface area contributed by atoms with E-state index in [9.17, 15) is 0 Å². The first-order valence-corrected chi connectivity index (χ1v) is 5.78. The third kappa shape index (κ3) is 3.95. The van der Waals surface area contributed by atoms with Gasteiger partial charge in [0.1, 0.15) is 0 Å². The Bertz CT molecular complexity index is 245. The fraction of sp³-hybridized carbons (Fsp3) is 0.571. The molecule has 78 valence electrons. The normalized spacial score (nSPS) is 12.8. The van der Waals surface area contributed by atoms with Crippen LogP contribution in [0, 0.1) is 12.8 Å². The fourth-order valence-corrected chi connectivity index (χ4v) is 1.61. The van der Waals surface area contributed by atoms with Gasteiger partial charge in [0, 0.05) is 0 Å². The van der Waals surface area contributed by atoms with E-state index in [1.54, 1.807) is 0 Å². The molecular weight excluding hydrogens is 168 g/mol. The minimum atomic E-state index is 0.889. The molecule has 14 heavy (non-hydrogen) atoms. The lowest BCUT2D eigenvalue weighted by Crippen LogP contribution is -1.94. The van der Waals surface area contributed by atoms with Crippen molar-refractivity contribution < 1.29 is 0 Å². The van der Waals surface area contributed by atoms with Crippen LogP contribution in [-0.4, -0.2) is 0 Å². The molecule has 0 saturated heterocycles. The van der Waals surface area contributed by atoms with Gasteiger partial charge in [0.2, 0.25) is 0 Å². The monoisotopic (exact) mass is 190 g/mol. The van der Waals surface area contributed by atoms with Crippen LogP contribution in [0.1, 0.15) is 44.2 Å². The quantitative estimate of drug-likeness (QED) is 0.647. The molecule has 0 heterocycles. The average Bonchev–Trinajstić information content (AvgIpc) is 2.21. The lowest BCUT2D eigenvalue weighted by molar-refractivity contribution is 0.496. The molecule has 0 aliphatic rings. The van der Waals surface area contributed by atoms with Crippen molar-refractivity contribution >= 4 is 0 Å². The summed E-state index contributed by atoms with van der Waals surface area (Å²) < 4.78 is 0. The minimum Gasteiger partial charge on any atom is -0.0651 e. The Balaban J connectivity index is 2.28. The lowest BCUT2D eigenvalue weighted by Gasteiger charge is -2.07. The molecule has 0 aliphatic carbocycles. The zero-order valence-corrected chi connectivity index (χ0v) is 9.72. The summed E-state index contributed by atoms with van der Waals surface area (Å²) in [4.78, 5) is 0. The molecule has 0 amide bonds. The van der Waals surface area contributed by atoms with Crippen molar-refractivity contribution in [3.8, 4) is 0 Å². The molecule has 1 rings (SSSR count). The van der Waals surface area contributed by atoms with E-state index in [0.717, 1.165) is 5.92 Å². The third-order valence-electron chi connectivity index (χ3n) is 2.98. The van der Waals surface area contributed by atoms with Gasteiger partial charge in [0.05, 0.1) is 0 Å². The number of benzene rings is 1. The summed E-state index contributed by atoms with van der Waals surface area (Å²) >= 11 is 0. The molecule has 1 unspecified atom stereocenters. The summed E-state index contributed by atoms with van der Waals surface area (Å²) in [6.07, 6.45) is 5.25. The van der Waals surface area contributed by atoms with Crippen molar-refractivity contribution in [2.45, 2.75) is 46.5 Å². The molecule has 0 nitrogen and oxygen atoms in total. The average molecular weight is 190 g/mol. The van der Waals surface area contributed by atoms with Crippen LogP contribution in [0.4, 0.5) is 0 Å². The Morgan fingerprint density at radius 3 is 2.36 bits per heavy atom. The van der Waals surface area contributed by atoms with Crippen LogP contribution >= 0.6 is 0 Å². The molecule has 0 spiro atoms. The van der Waals surface area contributed by atoms with Crippen LogP contribution in [0.25, 0.3) is 0 Å². The molecule has 0 saturated carbocycles. The molecule has 0 fully saturated rings. The van der Waals surface area contributed by atoms with Crippen molar-refractivity contribution in [2.75, 3.05) is 0 Å². The van der Waals surface area contributed by atoms with Crippen molar-refractivity contribution in [3.63, 3.8) is 0 Å². The fourth-order valence-electron chi connectivity index (χ4n) is 1.61. The Hall–Kier alpha value is -0.780. The number of hydrogen-bond donors (Lipinski definition) is 0. The van der Waals surface area contributed by atoms with Crippen LogP contribution in [0.5, 0.6) is 0 Å². The van der Waals surface area contributed by atoms with E-state index in [2.05, 4.69) is 45.0 Å². The zero-order valence-electron chi connectivity index (χ0n) is 9.72. The maximum Gasteiger partial charge on any atom is -0.0279 e. The topological polar surface area (TPSA) is 0 Å². The third-order valence-corrected chi connectivity index (χ3v) is 2.98. The molecule has 0 radical (unpaired) electrons. The van der Waals surface area contributed by atoms with E-state index in [4.69, 9.17) is 0 Å². The SMILES string of the molecule is CCC(C)CCCc1ccc(C)cc1. The van der Waals surface area contributed by atoms with Crippen molar-refractivity contribution in [2.24, 2.45) is 5.92 Å². The zero-order chi connectivity index (χ0) is 10.4. The highest BCUT2D eigenvalue weighted by Crippen LogP contribution is 2.13. The highest BCUT2D eigenvalue weighted by molar-refractivity contribution is 5.21. The molecular formula is C14H22. The Morgan fingerprint density at radius 1 is 1.14 bits per heavy atom. The van der Waals surface area contributed by atoms with E-state index < -0.39 is 0 Å². The van der Waals surface area contributed by atoms with Gasteiger partial charge in [-0.1, -0.05) is 56.5 Å². The standard InChI is InChI=1S/C14H22/c1-4-12(2)6-5-7-14-10-8-13(3)9-11-14/h8-12H,4-7H2,1-3H3.